The van der Waals surface area contributed by atoms with E-state index in [0.717, 1.165) is 35.3 Å². The summed E-state index contributed by atoms with van der Waals surface area (Å²) in [6, 6.07) is 11.4. The predicted octanol–water partition coefficient (Wildman–Crippen LogP) is 2.42. The molecule has 0 spiro atoms. The minimum absolute atomic E-state index is 0.345. The molecule has 29 heavy (non-hydrogen) atoms. The van der Waals surface area contributed by atoms with Gasteiger partial charge in [0, 0.05) is 11.0 Å². The lowest BCUT2D eigenvalue weighted by atomic mass is 10.1. The smallest absolute Gasteiger partial charge is 0.325 e. The van der Waals surface area contributed by atoms with Gasteiger partial charge in [0.1, 0.15) is 17.6 Å². The number of hydrogen-bond acceptors (Lipinski definition) is 6. The van der Waals surface area contributed by atoms with Crippen molar-refractivity contribution in [1.29, 1.82) is 5.26 Å². The molecule has 1 aliphatic rings. The van der Waals surface area contributed by atoms with E-state index >= 15 is 0 Å². The van der Waals surface area contributed by atoms with Crippen LogP contribution in [0.25, 0.3) is 6.08 Å². The Morgan fingerprint density at radius 2 is 2.00 bits per heavy atom. The number of aryl methyl sites for hydroxylation is 1. The van der Waals surface area contributed by atoms with Gasteiger partial charge in [0.25, 0.3) is 5.91 Å². The van der Waals surface area contributed by atoms with Gasteiger partial charge in [0.2, 0.25) is 5.91 Å². The van der Waals surface area contributed by atoms with Gasteiger partial charge < -0.3 is 15.4 Å². The maximum Gasteiger partial charge on any atom is 0.325 e. The Kier molecular flexibility index (Phi) is 6.76. The van der Waals surface area contributed by atoms with E-state index in [9.17, 15) is 19.6 Å². The highest BCUT2D eigenvalue weighted by Gasteiger charge is 2.23. The van der Waals surface area contributed by atoms with Crippen molar-refractivity contribution in [3.05, 3.63) is 58.0 Å². The van der Waals surface area contributed by atoms with Crippen LogP contribution in [-0.2, 0) is 32.0 Å². The van der Waals surface area contributed by atoms with Crippen LogP contribution in [0.2, 0.25) is 0 Å². The molecule has 2 N–H and O–H groups in total. The number of rotatable bonds is 7. The molecule has 1 aliphatic carbocycles. The molecular weight excluding hydrogens is 390 g/mol. The molecule has 0 bridgehead atoms. The average Bonchev–Trinajstić information content (AvgIpc) is 3.30. The van der Waals surface area contributed by atoms with Crippen LogP contribution in [0.15, 0.2) is 36.4 Å². The van der Waals surface area contributed by atoms with Gasteiger partial charge in [-0.2, -0.15) is 5.26 Å². The van der Waals surface area contributed by atoms with Crippen molar-refractivity contribution < 1.29 is 19.1 Å². The van der Waals surface area contributed by atoms with Crippen molar-refractivity contribution in [3.63, 3.8) is 0 Å². The maximum atomic E-state index is 12.0. The Morgan fingerprint density at radius 1 is 1.21 bits per heavy atom. The third kappa shape index (κ3) is 5.53. The van der Waals surface area contributed by atoms with Gasteiger partial charge >= 0.3 is 5.97 Å². The third-order valence-electron chi connectivity index (χ3n) is 4.28. The summed E-state index contributed by atoms with van der Waals surface area (Å²) in [6.45, 7) is -0.829. The minimum Gasteiger partial charge on any atom is -0.454 e. The highest BCUT2D eigenvalue weighted by molar-refractivity contribution is 7.16. The summed E-state index contributed by atoms with van der Waals surface area (Å²) in [5.74, 6) is -1.69. The number of thiophene rings is 1. The zero-order valence-corrected chi connectivity index (χ0v) is 16.4. The first-order chi connectivity index (χ1) is 14.1. The Labute approximate surface area is 172 Å². The number of nitriles is 1. The monoisotopic (exact) mass is 409 g/mol. The highest BCUT2D eigenvalue weighted by atomic mass is 32.1. The zero-order valence-electron chi connectivity index (χ0n) is 15.6. The van der Waals surface area contributed by atoms with Crippen LogP contribution in [0.1, 0.15) is 28.0 Å². The number of ether oxygens (including phenoxy) is 1. The maximum absolute atomic E-state index is 12.0. The van der Waals surface area contributed by atoms with Gasteiger partial charge in [-0.3, -0.25) is 14.4 Å². The topological polar surface area (TPSA) is 108 Å². The average molecular weight is 409 g/mol. The number of nitrogens with one attached hydrogen (secondary N) is 2. The van der Waals surface area contributed by atoms with Crippen LogP contribution in [0.5, 0.6) is 0 Å². The third-order valence-corrected chi connectivity index (χ3v) is 5.49. The molecule has 0 radical (unpaired) electrons. The summed E-state index contributed by atoms with van der Waals surface area (Å²) >= 11 is 1.39. The van der Waals surface area contributed by atoms with Crippen molar-refractivity contribution in [1.82, 2.24) is 5.32 Å². The van der Waals surface area contributed by atoms with E-state index in [1.165, 1.54) is 17.4 Å². The minimum atomic E-state index is -0.726. The molecule has 3 rings (SSSR count). The normalized spacial score (nSPS) is 12.2. The summed E-state index contributed by atoms with van der Waals surface area (Å²) in [5.41, 5.74) is 2.37. The lowest BCUT2D eigenvalue weighted by molar-refractivity contribution is -0.146. The quantitative estimate of drug-likeness (QED) is 0.539. The fourth-order valence-electron chi connectivity index (χ4n) is 2.92. The Balaban J connectivity index is 1.40. The Hall–Kier alpha value is -3.44. The van der Waals surface area contributed by atoms with Crippen LogP contribution in [0.3, 0.4) is 0 Å². The number of hydrogen-bond donors (Lipinski definition) is 2. The van der Waals surface area contributed by atoms with Crippen molar-refractivity contribution in [2.45, 2.75) is 19.3 Å². The fraction of sp³-hybridized carbons (Fsp3) is 0.238. The Bertz CT molecular complexity index is 989. The van der Waals surface area contributed by atoms with E-state index in [2.05, 4.69) is 16.7 Å². The summed E-state index contributed by atoms with van der Waals surface area (Å²) in [7, 11) is 0. The van der Waals surface area contributed by atoms with Gasteiger partial charge in [-0.1, -0.05) is 30.3 Å². The van der Waals surface area contributed by atoms with Crippen LogP contribution < -0.4 is 10.6 Å². The van der Waals surface area contributed by atoms with Gasteiger partial charge in [-0.05, 0) is 36.5 Å². The lowest BCUT2D eigenvalue weighted by Crippen LogP contribution is -2.31. The molecule has 2 aromatic rings. The number of fused-ring (bicyclic) bond motifs is 1. The van der Waals surface area contributed by atoms with Gasteiger partial charge in [-0.15, -0.1) is 11.3 Å². The molecule has 0 saturated heterocycles. The first kappa shape index (κ1) is 20.3. The van der Waals surface area contributed by atoms with Crippen LogP contribution >= 0.6 is 11.3 Å². The molecular formula is C21H19N3O4S. The first-order valence-corrected chi connectivity index (χ1v) is 9.89. The van der Waals surface area contributed by atoms with Gasteiger partial charge in [0.05, 0.1) is 5.56 Å². The van der Waals surface area contributed by atoms with E-state index in [4.69, 9.17) is 4.74 Å². The standard InChI is InChI=1S/C21H19N3O4S/c22-11-16-15-7-4-8-17(15)29-21(16)24-19(26)13-28-20(27)12-23-18(25)10-9-14-5-2-1-3-6-14/h1-3,5-6,9-10H,4,7-8,12-13H2,(H,23,25)(H,24,26)/b10-9+. The number of amides is 2. The fourth-order valence-corrected chi connectivity index (χ4v) is 4.18. The van der Waals surface area contributed by atoms with E-state index in [0.29, 0.717) is 10.6 Å². The number of carbonyl (C=O) groups is 3. The number of esters is 1. The molecule has 148 valence electrons. The van der Waals surface area contributed by atoms with E-state index in [-0.39, 0.29) is 6.54 Å². The lowest BCUT2D eigenvalue weighted by Gasteiger charge is -2.06. The molecule has 1 aromatic carbocycles. The second-order valence-electron chi connectivity index (χ2n) is 6.34. The van der Waals surface area contributed by atoms with E-state index in [1.54, 1.807) is 6.08 Å². The molecule has 8 heteroatoms. The van der Waals surface area contributed by atoms with Gasteiger partial charge in [-0.25, -0.2) is 0 Å². The van der Waals surface area contributed by atoms with Crippen molar-refractivity contribution >= 4 is 40.2 Å². The van der Waals surface area contributed by atoms with Gasteiger partial charge in [0.15, 0.2) is 6.61 Å². The van der Waals surface area contributed by atoms with Crippen LogP contribution in [-0.4, -0.2) is 30.9 Å². The molecule has 0 unspecified atom stereocenters. The second kappa shape index (κ2) is 9.66. The summed E-state index contributed by atoms with van der Waals surface area (Å²) in [6.07, 6.45) is 5.72. The van der Waals surface area contributed by atoms with Crippen LogP contribution in [0, 0.1) is 11.3 Å². The van der Waals surface area contributed by atoms with Crippen LogP contribution in [0.4, 0.5) is 5.00 Å². The predicted molar refractivity (Wildman–Crippen MR) is 109 cm³/mol. The summed E-state index contributed by atoms with van der Waals surface area (Å²) in [5, 5.41) is 14.8. The molecule has 0 atom stereocenters. The SMILES string of the molecule is N#Cc1c(NC(=O)COC(=O)CNC(=O)/C=C/c2ccccc2)sc2c1CCC2. The number of nitrogens with zero attached hydrogens (tertiary/aromatic N) is 1. The number of benzene rings is 1. The molecule has 7 nitrogen and oxygen atoms in total. The molecule has 1 heterocycles. The highest BCUT2D eigenvalue weighted by Crippen LogP contribution is 2.38. The van der Waals surface area contributed by atoms with E-state index in [1.807, 2.05) is 30.3 Å². The van der Waals surface area contributed by atoms with E-state index < -0.39 is 24.4 Å². The van der Waals surface area contributed by atoms with Crippen molar-refractivity contribution in [2.75, 3.05) is 18.5 Å². The summed E-state index contributed by atoms with van der Waals surface area (Å²) in [4.78, 5) is 36.6. The number of anilines is 1. The first-order valence-electron chi connectivity index (χ1n) is 9.08. The Morgan fingerprint density at radius 3 is 2.76 bits per heavy atom. The zero-order chi connectivity index (χ0) is 20.6. The van der Waals surface area contributed by atoms with Crippen molar-refractivity contribution in [2.24, 2.45) is 0 Å². The summed E-state index contributed by atoms with van der Waals surface area (Å²) < 4.78 is 4.87. The number of carbonyl (C=O) groups excluding carboxylic acids is 3. The van der Waals surface area contributed by atoms with Crippen molar-refractivity contribution in [3.8, 4) is 6.07 Å². The largest absolute Gasteiger partial charge is 0.454 e. The molecule has 2 amide bonds. The molecule has 0 fully saturated rings. The second-order valence-corrected chi connectivity index (χ2v) is 7.45. The molecule has 1 aromatic heterocycles. The molecule has 0 saturated carbocycles. The molecule has 0 aliphatic heterocycles.